The Balaban J connectivity index is 1.68. The number of rotatable bonds is 4. The summed E-state index contributed by atoms with van der Waals surface area (Å²) >= 11 is 0. The summed E-state index contributed by atoms with van der Waals surface area (Å²) in [6.45, 7) is 0. The number of carbonyl (C=O) groups excluding carboxylic acids is 2. The van der Waals surface area contributed by atoms with E-state index in [0.29, 0.717) is 12.8 Å². The second-order valence-electron chi connectivity index (χ2n) is 7.27. The smallest absolute Gasteiger partial charge is 0.323 e. The fourth-order valence-corrected chi connectivity index (χ4v) is 4.19. The van der Waals surface area contributed by atoms with Gasteiger partial charge in [-0.1, -0.05) is 19.3 Å². The van der Waals surface area contributed by atoms with E-state index in [1.807, 2.05) is 0 Å². The van der Waals surface area contributed by atoms with Gasteiger partial charge in [0.1, 0.15) is 12.2 Å². The quantitative estimate of drug-likeness (QED) is 0.583. The molecule has 0 atom stereocenters. The molecule has 3 aliphatic rings. The molecule has 22 heavy (non-hydrogen) atoms. The molecule has 0 aromatic carbocycles. The molecule has 0 spiro atoms. The predicted octanol–water partition coefficient (Wildman–Crippen LogP) is 3.91. The zero-order valence-electron chi connectivity index (χ0n) is 13.5. The fourth-order valence-electron chi connectivity index (χ4n) is 4.19. The molecule has 0 aliphatic heterocycles. The third kappa shape index (κ3) is 3.31. The molecule has 4 nitrogen and oxygen atoms in total. The zero-order chi connectivity index (χ0) is 15.4. The highest BCUT2D eigenvalue weighted by Crippen LogP contribution is 2.41. The SMILES string of the molecule is O=C(OC1CCCC1)C1(C(=O)OC2CCCC2)CCCCC1. The number of ether oxygens (including phenoxy) is 2. The summed E-state index contributed by atoms with van der Waals surface area (Å²) in [5, 5.41) is 0. The molecule has 0 saturated heterocycles. The van der Waals surface area contributed by atoms with E-state index in [1.165, 1.54) is 0 Å². The summed E-state index contributed by atoms with van der Waals surface area (Å²) in [6.07, 6.45) is 12.4. The van der Waals surface area contributed by atoms with Crippen molar-refractivity contribution in [3.8, 4) is 0 Å². The Morgan fingerprint density at radius 3 is 1.45 bits per heavy atom. The van der Waals surface area contributed by atoms with Crippen LogP contribution >= 0.6 is 0 Å². The zero-order valence-corrected chi connectivity index (χ0v) is 13.5. The highest BCUT2D eigenvalue weighted by Gasteiger charge is 2.50. The Morgan fingerprint density at radius 1 is 0.636 bits per heavy atom. The minimum atomic E-state index is -1.01. The van der Waals surface area contributed by atoms with Crippen LogP contribution in [0.25, 0.3) is 0 Å². The lowest BCUT2D eigenvalue weighted by Crippen LogP contribution is -2.45. The van der Waals surface area contributed by atoms with Gasteiger partial charge in [0.05, 0.1) is 0 Å². The fraction of sp³-hybridized carbons (Fsp3) is 0.889. The van der Waals surface area contributed by atoms with E-state index in [4.69, 9.17) is 9.47 Å². The van der Waals surface area contributed by atoms with Crippen molar-refractivity contribution >= 4 is 11.9 Å². The molecule has 124 valence electrons. The average molecular weight is 308 g/mol. The van der Waals surface area contributed by atoms with Gasteiger partial charge in [0.25, 0.3) is 0 Å². The molecule has 0 unspecified atom stereocenters. The normalized spacial score (nSPS) is 26.0. The van der Waals surface area contributed by atoms with Crippen molar-refractivity contribution in [2.75, 3.05) is 0 Å². The van der Waals surface area contributed by atoms with Crippen molar-refractivity contribution in [2.24, 2.45) is 5.41 Å². The van der Waals surface area contributed by atoms with Crippen molar-refractivity contribution in [3.63, 3.8) is 0 Å². The maximum Gasteiger partial charge on any atom is 0.323 e. The topological polar surface area (TPSA) is 52.6 Å². The molecular formula is C18H28O4. The van der Waals surface area contributed by atoms with Crippen molar-refractivity contribution in [1.29, 1.82) is 0 Å². The standard InChI is InChI=1S/C18H28O4/c19-16(21-14-8-2-3-9-14)18(12-6-1-7-13-18)17(20)22-15-10-4-5-11-15/h14-15H,1-13H2. The van der Waals surface area contributed by atoms with Crippen LogP contribution in [-0.4, -0.2) is 24.1 Å². The summed E-state index contributed by atoms with van der Waals surface area (Å²) < 4.78 is 11.4. The van der Waals surface area contributed by atoms with Crippen LogP contribution in [0, 0.1) is 5.41 Å². The summed E-state index contributed by atoms with van der Waals surface area (Å²) in [5.41, 5.74) is -1.01. The number of carbonyl (C=O) groups is 2. The number of hydrogen-bond donors (Lipinski definition) is 0. The lowest BCUT2D eigenvalue weighted by atomic mass is 9.74. The maximum atomic E-state index is 12.8. The summed E-state index contributed by atoms with van der Waals surface area (Å²) in [5.74, 6) is -0.607. The van der Waals surface area contributed by atoms with Gasteiger partial charge in [-0.25, -0.2) is 0 Å². The molecule has 0 heterocycles. The molecule has 3 fully saturated rings. The van der Waals surface area contributed by atoms with Gasteiger partial charge in [0.2, 0.25) is 0 Å². The van der Waals surface area contributed by atoms with Crippen LogP contribution in [0.5, 0.6) is 0 Å². The number of hydrogen-bond acceptors (Lipinski definition) is 4. The van der Waals surface area contributed by atoms with Crippen molar-refractivity contribution < 1.29 is 19.1 Å². The Hall–Kier alpha value is -1.06. The maximum absolute atomic E-state index is 12.8. The first-order chi connectivity index (χ1) is 10.7. The first kappa shape index (κ1) is 15.8. The number of esters is 2. The molecule has 0 N–H and O–H groups in total. The lowest BCUT2D eigenvalue weighted by Gasteiger charge is -2.34. The molecule has 3 saturated carbocycles. The van der Waals surface area contributed by atoms with Crippen LogP contribution in [0.3, 0.4) is 0 Å². The van der Waals surface area contributed by atoms with Gasteiger partial charge < -0.3 is 9.47 Å². The Bertz CT molecular complexity index is 367. The van der Waals surface area contributed by atoms with Gasteiger partial charge in [-0.15, -0.1) is 0 Å². The summed E-state index contributed by atoms with van der Waals surface area (Å²) in [7, 11) is 0. The molecule has 3 rings (SSSR count). The van der Waals surface area contributed by atoms with Gasteiger partial charge >= 0.3 is 11.9 Å². The molecule has 0 aromatic rings. The van der Waals surface area contributed by atoms with E-state index in [1.54, 1.807) is 0 Å². The highest BCUT2D eigenvalue weighted by molar-refractivity contribution is 6.00. The summed E-state index contributed by atoms with van der Waals surface area (Å²) in [4.78, 5) is 25.5. The molecule has 0 aromatic heterocycles. The van der Waals surface area contributed by atoms with Crippen LogP contribution < -0.4 is 0 Å². The summed E-state index contributed by atoms with van der Waals surface area (Å²) in [6, 6.07) is 0. The Kier molecular flexibility index (Phi) is 5.04. The third-order valence-corrected chi connectivity index (χ3v) is 5.64. The molecule has 0 bridgehead atoms. The van der Waals surface area contributed by atoms with Crippen LogP contribution in [0.1, 0.15) is 83.5 Å². The predicted molar refractivity (Wildman–Crippen MR) is 82.2 cm³/mol. The van der Waals surface area contributed by atoms with E-state index in [-0.39, 0.29) is 24.1 Å². The second kappa shape index (κ2) is 7.01. The Morgan fingerprint density at radius 2 is 1.05 bits per heavy atom. The minimum absolute atomic E-state index is 0.0191. The monoisotopic (exact) mass is 308 g/mol. The molecular weight excluding hydrogens is 280 g/mol. The first-order valence-corrected chi connectivity index (χ1v) is 9.13. The molecule has 4 heteroatoms. The van der Waals surface area contributed by atoms with E-state index in [2.05, 4.69) is 0 Å². The van der Waals surface area contributed by atoms with E-state index in [0.717, 1.165) is 70.6 Å². The van der Waals surface area contributed by atoms with Crippen molar-refractivity contribution in [1.82, 2.24) is 0 Å². The third-order valence-electron chi connectivity index (χ3n) is 5.64. The van der Waals surface area contributed by atoms with Crippen LogP contribution in [-0.2, 0) is 19.1 Å². The van der Waals surface area contributed by atoms with Crippen LogP contribution in [0.15, 0.2) is 0 Å². The van der Waals surface area contributed by atoms with Gasteiger partial charge in [-0.3, -0.25) is 9.59 Å². The Labute approximate surface area is 132 Å². The molecule has 3 aliphatic carbocycles. The van der Waals surface area contributed by atoms with E-state index >= 15 is 0 Å². The lowest BCUT2D eigenvalue weighted by molar-refractivity contribution is -0.181. The van der Waals surface area contributed by atoms with Crippen LogP contribution in [0.4, 0.5) is 0 Å². The van der Waals surface area contributed by atoms with Gasteiger partial charge in [-0.2, -0.15) is 0 Å². The molecule has 0 amide bonds. The van der Waals surface area contributed by atoms with Gasteiger partial charge in [0.15, 0.2) is 5.41 Å². The van der Waals surface area contributed by atoms with Gasteiger partial charge in [0, 0.05) is 0 Å². The van der Waals surface area contributed by atoms with Crippen molar-refractivity contribution in [2.45, 2.75) is 95.7 Å². The average Bonchev–Trinajstić information content (AvgIpc) is 3.21. The molecule has 0 radical (unpaired) electrons. The van der Waals surface area contributed by atoms with Crippen LogP contribution in [0.2, 0.25) is 0 Å². The van der Waals surface area contributed by atoms with E-state index < -0.39 is 5.41 Å². The minimum Gasteiger partial charge on any atom is -0.462 e. The van der Waals surface area contributed by atoms with Crippen molar-refractivity contribution in [3.05, 3.63) is 0 Å². The first-order valence-electron chi connectivity index (χ1n) is 9.13. The largest absolute Gasteiger partial charge is 0.462 e. The van der Waals surface area contributed by atoms with Gasteiger partial charge in [-0.05, 0) is 64.2 Å². The second-order valence-corrected chi connectivity index (χ2v) is 7.27. The van der Waals surface area contributed by atoms with E-state index in [9.17, 15) is 9.59 Å². The highest BCUT2D eigenvalue weighted by atomic mass is 16.6.